The van der Waals surface area contributed by atoms with E-state index in [2.05, 4.69) is 50.2 Å². The number of esters is 1. The smallest absolute Gasteiger partial charge is 0.302 e. The molecule has 0 bridgehead atoms. The Kier molecular flexibility index (Phi) is 5.00. The maximum Gasteiger partial charge on any atom is 0.302 e. The molecule has 0 N–H and O–H groups in total. The standard InChI is InChI=1S/C22H33BrO4/c1-8-21(6)18(25)16(23)17-20(5)11-10-15(26-13(2)24)19(3,4)14(20)9-12-22(17,7)27-21/h8,14-17H,1,9-12H2,2-7H3/t14-,15-,16-,17+,20-,21+,22+/m1/s1. The monoisotopic (exact) mass is 440 g/mol. The molecular formula is C22H33BrO4. The minimum atomic E-state index is -0.951. The van der Waals surface area contributed by atoms with Crippen molar-refractivity contribution in [1.29, 1.82) is 0 Å². The van der Waals surface area contributed by atoms with E-state index in [1.807, 2.05) is 6.92 Å². The van der Waals surface area contributed by atoms with E-state index in [-0.39, 0.29) is 45.0 Å². The number of hydrogen-bond donors (Lipinski definition) is 0. The van der Waals surface area contributed by atoms with Crippen molar-refractivity contribution in [1.82, 2.24) is 0 Å². The summed E-state index contributed by atoms with van der Waals surface area (Å²) in [6.45, 7) is 16.1. The normalized spacial score (nSPS) is 48.9. The zero-order chi connectivity index (χ0) is 20.4. The van der Waals surface area contributed by atoms with Gasteiger partial charge in [0.2, 0.25) is 0 Å². The Morgan fingerprint density at radius 2 is 1.85 bits per heavy atom. The molecule has 4 nitrogen and oxygen atoms in total. The second-order valence-electron chi connectivity index (χ2n) is 10.0. The summed E-state index contributed by atoms with van der Waals surface area (Å²) in [6, 6.07) is 0. The number of rotatable bonds is 2. The van der Waals surface area contributed by atoms with E-state index in [1.54, 1.807) is 6.08 Å². The Morgan fingerprint density at radius 3 is 2.41 bits per heavy atom. The molecule has 3 rings (SSSR count). The van der Waals surface area contributed by atoms with Gasteiger partial charge in [-0.15, -0.1) is 0 Å². The molecule has 0 aromatic carbocycles. The van der Waals surface area contributed by atoms with Crippen molar-refractivity contribution in [3.63, 3.8) is 0 Å². The lowest BCUT2D eigenvalue weighted by Crippen LogP contribution is -2.70. The molecule has 1 saturated heterocycles. The van der Waals surface area contributed by atoms with Crippen LogP contribution in [0.15, 0.2) is 12.7 Å². The van der Waals surface area contributed by atoms with Crippen molar-refractivity contribution >= 4 is 27.7 Å². The van der Waals surface area contributed by atoms with E-state index >= 15 is 0 Å². The van der Waals surface area contributed by atoms with E-state index in [4.69, 9.17) is 9.47 Å². The van der Waals surface area contributed by atoms with E-state index in [1.165, 1.54) is 6.92 Å². The highest BCUT2D eigenvalue weighted by Gasteiger charge is 2.67. The number of ether oxygens (including phenoxy) is 2. The van der Waals surface area contributed by atoms with Gasteiger partial charge in [0.15, 0.2) is 5.78 Å². The van der Waals surface area contributed by atoms with Crippen LogP contribution in [0.2, 0.25) is 0 Å². The minimum absolute atomic E-state index is 0.0572. The first kappa shape index (κ1) is 21.0. The Labute approximate surface area is 171 Å². The molecule has 27 heavy (non-hydrogen) atoms. The van der Waals surface area contributed by atoms with Gasteiger partial charge in [-0.2, -0.15) is 0 Å². The van der Waals surface area contributed by atoms with E-state index in [0.717, 1.165) is 25.7 Å². The molecule has 1 heterocycles. The topological polar surface area (TPSA) is 52.6 Å². The SMILES string of the molecule is C=C[C@]1(C)O[C@@]2(C)CC[C@@H]3C(C)(C)[C@H](OC(C)=O)CC[C@@]3(C)[C@@H]2[C@@H](Br)C1=O. The fraction of sp³-hybridized carbons (Fsp3) is 0.818. The summed E-state index contributed by atoms with van der Waals surface area (Å²) in [7, 11) is 0. The molecule has 3 aliphatic rings. The fourth-order valence-corrected chi connectivity index (χ4v) is 8.31. The third-order valence-electron chi connectivity index (χ3n) is 7.94. The molecule has 0 aromatic rings. The van der Waals surface area contributed by atoms with Crippen molar-refractivity contribution in [2.75, 3.05) is 0 Å². The van der Waals surface area contributed by atoms with Gasteiger partial charge in [0, 0.05) is 18.3 Å². The van der Waals surface area contributed by atoms with Gasteiger partial charge in [-0.3, -0.25) is 9.59 Å². The molecule has 152 valence electrons. The molecule has 0 radical (unpaired) electrons. The van der Waals surface area contributed by atoms with Gasteiger partial charge < -0.3 is 9.47 Å². The molecule has 2 aliphatic carbocycles. The molecule has 0 amide bonds. The average molecular weight is 441 g/mol. The number of alkyl halides is 1. The number of hydrogen-bond acceptors (Lipinski definition) is 4. The third-order valence-corrected chi connectivity index (χ3v) is 8.89. The second-order valence-corrected chi connectivity index (χ2v) is 11.0. The first-order valence-corrected chi connectivity index (χ1v) is 10.9. The lowest BCUT2D eigenvalue weighted by atomic mass is 9.43. The summed E-state index contributed by atoms with van der Waals surface area (Å²) < 4.78 is 12.2. The van der Waals surface area contributed by atoms with Gasteiger partial charge in [0.1, 0.15) is 11.7 Å². The Morgan fingerprint density at radius 1 is 1.22 bits per heavy atom. The zero-order valence-corrected chi connectivity index (χ0v) is 19.0. The Balaban J connectivity index is 2.01. The third kappa shape index (κ3) is 2.95. The van der Waals surface area contributed by atoms with Crippen LogP contribution in [-0.4, -0.2) is 33.9 Å². The van der Waals surface area contributed by atoms with E-state index in [9.17, 15) is 9.59 Å². The molecule has 5 heteroatoms. The van der Waals surface area contributed by atoms with Crippen molar-refractivity contribution in [2.45, 2.75) is 89.4 Å². The molecule has 7 atom stereocenters. The van der Waals surface area contributed by atoms with Crippen LogP contribution in [0.5, 0.6) is 0 Å². The van der Waals surface area contributed by atoms with Crippen LogP contribution in [0.25, 0.3) is 0 Å². The van der Waals surface area contributed by atoms with Crippen molar-refractivity contribution in [2.24, 2.45) is 22.7 Å². The van der Waals surface area contributed by atoms with Gasteiger partial charge in [0.25, 0.3) is 0 Å². The summed E-state index contributed by atoms with van der Waals surface area (Å²) >= 11 is 3.77. The lowest BCUT2D eigenvalue weighted by Gasteiger charge is -2.66. The summed E-state index contributed by atoms with van der Waals surface area (Å²) in [5.74, 6) is 0.267. The lowest BCUT2D eigenvalue weighted by molar-refractivity contribution is -0.251. The highest BCUT2D eigenvalue weighted by atomic mass is 79.9. The number of fused-ring (bicyclic) bond motifs is 3. The van der Waals surface area contributed by atoms with Gasteiger partial charge >= 0.3 is 5.97 Å². The summed E-state index contributed by atoms with van der Waals surface area (Å²) in [5.41, 5.74) is -1.55. The predicted molar refractivity (Wildman–Crippen MR) is 109 cm³/mol. The number of ketones is 1. The summed E-state index contributed by atoms with van der Waals surface area (Å²) in [6.07, 6.45) is 5.18. The maximum atomic E-state index is 13.2. The van der Waals surface area contributed by atoms with Gasteiger partial charge in [-0.25, -0.2) is 0 Å². The number of Topliss-reactive ketones (excluding diaryl/α,β-unsaturated/α-hetero) is 1. The number of carbonyl (C=O) groups is 2. The van der Waals surface area contributed by atoms with Crippen LogP contribution >= 0.6 is 15.9 Å². The Bertz CT molecular complexity index is 673. The van der Waals surface area contributed by atoms with Gasteiger partial charge in [0.05, 0.1) is 10.4 Å². The van der Waals surface area contributed by atoms with Crippen LogP contribution in [0.4, 0.5) is 0 Å². The quantitative estimate of drug-likeness (QED) is 0.350. The second kappa shape index (κ2) is 6.41. The number of carbonyl (C=O) groups excluding carboxylic acids is 2. The van der Waals surface area contributed by atoms with Crippen molar-refractivity contribution in [3.05, 3.63) is 12.7 Å². The van der Waals surface area contributed by atoms with Crippen molar-refractivity contribution < 1.29 is 19.1 Å². The summed E-state index contributed by atoms with van der Waals surface area (Å²) in [5, 5.41) is 0. The molecule has 0 spiro atoms. The molecule has 0 unspecified atom stereocenters. The highest BCUT2D eigenvalue weighted by Crippen LogP contribution is 2.66. The van der Waals surface area contributed by atoms with Crippen LogP contribution in [0.1, 0.15) is 67.2 Å². The minimum Gasteiger partial charge on any atom is -0.462 e. The summed E-state index contributed by atoms with van der Waals surface area (Å²) in [4.78, 5) is 24.5. The molecule has 2 saturated carbocycles. The largest absolute Gasteiger partial charge is 0.462 e. The zero-order valence-electron chi connectivity index (χ0n) is 17.4. The van der Waals surface area contributed by atoms with Crippen LogP contribution < -0.4 is 0 Å². The van der Waals surface area contributed by atoms with Crippen molar-refractivity contribution in [3.8, 4) is 0 Å². The molecule has 0 aromatic heterocycles. The van der Waals surface area contributed by atoms with Crippen LogP contribution in [0.3, 0.4) is 0 Å². The van der Waals surface area contributed by atoms with E-state index in [0.29, 0.717) is 5.92 Å². The first-order chi connectivity index (χ1) is 12.3. The van der Waals surface area contributed by atoms with Gasteiger partial charge in [-0.05, 0) is 50.9 Å². The van der Waals surface area contributed by atoms with E-state index < -0.39 is 5.60 Å². The van der Waals surface area contributed by atoms with Crippen LogP contribution in [-0.2, 0) is 19.1 Å². The van der Waals surface area contributed by atoms with Crippen LogP contribution in [0, 0.1) is 22.7 Å². The maximum absolute atomic E-state index is 13.2. The number of halogens is 1. The average Bonchev–Trinajstić information content (AvgIpc) is 2.54. The fourth-order valence-electron chi connectivity index (χ4n) is 6.69. The highest BCUT2D eigenvalue weighted by molar-refractivity contribution is 9.10. The molecule has 1 aliphatic heterocycles. The Hall–Kier alpha value is -0.680. The first-order valence-electron chi connectivity index (χ1n) is 10.0. The predicted octanol–water partition coefficient (Wildman–Crippen LogP) is 4.84. The van der Waals surface area contributed by atoms with Gasteiger partial charge in [-0.1, -0.05) is 49.4 Å². The molecule has 3 fully saturated rings. The molecular weight excluding hydrogens is 408 g/mol.